The van der Waals surface area contributed by atoms with Gasteiger partial charge in [0.2, 0.25) is 0 Å². The molecule has 20 heavy (non-hydrogen) atoms. The Labute approximate surface area is 117 Å². The maximum absolute atomic E-state index is 4.66. The summed E-state index contributed by atoms with van der Waals surface area (Å²) in [6.07, 6.45) is 2.83. The van der Waals surface area contributed by atoms with Crippen LogP contribution in [-0.2, 0) is 6.42 Å². The Morgan fingerprint density at radius 2 is 2.10 bits per heavy atom. The molecule has 1 unspecified atom stereocenters. The fourth-order valence-corrected chi connectivity index (χ4v) is 2.88. The average Bonchev–Trinajstić information content (AvgIpc) is 2.92. The van der Waals surface area contributed by atoms with Crippen LogP contribution in [0, 0.1) is 6.92 Å². The van der Waals surface area contributed by atoms with E-state index in [2.05, 4.69) is 51.5 Å². The minimum absolute atomic E-state index is 0.374. The molecule has 4 rings (SSSR count). The molecule has 0 aliphatic carbocycles. The van der Waals surface area contributed by atoms with Crippen molar-refractivity contribution >= 4 is 16.9 Å². The van der Waals surface area contributed by atoms with Gasteiger partial charge in [-0.1, -0.05) is 18.2 Å². The minimum Gasteiger partial charge on any atom is -0.384 e. The van der Waals surface area contributed by atoms with E-state index < -0.39 is 0 Å². The highest BCUT2D eigenvalue weighted by molar-refractivity contribution is 5.74. The SMILES string of the molecule is Cc1ccnc2nc(C3CNc4ccccc4C3)[nH]c12. The van der Waals surface area contributed by atoms with Crippen LogP contribution in [0.2, 0.25) is 0 Å². The van der Waals surface area contributed by atoms with Gasteiger partial charge in [0.25, 0.3) is 0 Å². The predicted molar refractivity (Wildman–Crippen MR) is 80.0 cm³/mol. The smallest absolute Gasteiger partial charge is 0.177 e. The van der Waals surface area contributed by atoms with Gasteiger partial charge in [0.05, 0.1) is 5.52 Å². The van der Waals surface area contributed by atoms with Gasteiger partial charge in [-0.15, -0.1) is 0 Å². The molecular formula is C16H16N4. The van der Waals surface area contributed by atoms with Crippen LogP contribution in [0.25, 0.3) is 11.2 Å². The van der Waals surface area contributed by atoms with E-state index in [1.54, 1.807) is 0 Å². The first-order valence-electron chi connectivity index (χ1n) is 6.94. The molecule has 1 aliphatic rings. The summed E-state index contributed by atoms with van der Waals surface area (Å²) in [6, 6.07) is 10.5. The van der Waals surface area contributed by atoms with E-state index in [1.807, 2.05) is 12.3 Å². The lowest BCUT2D eigenvalue weighted by molar-refractivity contribution is 0.659. The van der Waals surface area contributed by atoms with Crippen molar-refractivity contribution in [3.8, 4) is 0 Å². The number of rotatable bonds is 1. The van der Waals surface area contributed by atoms with Crippen LogP contribution in [0.1, 0.15) is 22.9 Å². The third-order valence-corrected chi connectivity index (χ3v) is 4.03. The molecule has 2 N–H and O–H groups in total. The largest absolute Gasteiger partial charge is 0.384 e. The maximum Gasteiger partial charge on any atom is 0.177 e. The van der Waals surface area contributed by atoms with Gasteiger partial charge >= 0.3 is 0 Å². The van der Waals surface area contributed by atoms with Gasteiger partial charge in [-0.2, -0.15) is 0 Å². The zero-order valence-electron chi connectivity index (χ0n) is 11.4. The first-order chi connectivity index (χ1) is 9.81. The lowest BCUT2D eigenvalue weighted by Gasteiger charge is -2.24. The number of pyridine rings is 1. The number of hydrogen-bond acceptors (Lipinski definition) is 3. The maximum atomic E-state index is 4.66. The number of hydrogen-bond donors (Lipinski definition) is 2. The molecule has 0 saturated carbocycles. The molecule has 1 aromatic carbocycles. The minimum atomic E-state index is 0.374. The van der Waals surface area contributed by atoms with Crippen molar-refractivity contribution in [2.45, 2.75) is 19.3 Å². The van der Waals surface area contributed by atoms with Gasteiger partial charge in [0, 0.05) is 24.3 Å². The molecule has 4 nitrogen and oxygen atoms in total. The molecular weight excluding hydrogens is 248 g/mol. The number of imidazole rings is 1. The van der Waals surface area contributed by atoms with Crippen LogP contribution < -0.4 is 5.32 Å². The summed E-state index contributed by atoms with van der Waals surface area (Å²) in [7, 11) is 0. The topological polar surface area (TPSA) is 53.6 Å². The van der Waals surface area contributed by atoms with Crippen LogP contribution in [0.15, 0.2) is 36.5 Å². The summed E-state index contributed by atoms with van der Waals surface area (Å²) in [5.41, 5.74) is 5.67. The number of H-pyrrole nitrogens is 1. The average molecular weight is 264 g/mol. The third-order valence-electron chi connectivity index (χ3n) is 4.03. The van der Waals surface area contributed by atoms with Crippen molar-refractivity contribution in [1.82, 2.24) is 15.0 Å². The molecule has 0 bridgehead atoms. The van der Waals surface area contributed by atoms with E-state index in [-0.39, 0.29) is 0 Å². The number of para-hydroxylation sites is 1. The molecule has 1 aliphatic heterocycles. The van der Waals surface area contributed by atoms with E-state index in [4.69, 9.17) is 0 Å². The van der Waals surface area contributed by atoms with E-state index in [9.17, 15) is 0 Å². The number of aromatic nitrogens is 3. The Hall–Kier alpha value is -2.36. The standard InChI is InChI=1S/C16H16N4/c1-10-6-7-17-16-14(10)19-15(20-16)12-8-11-4-2-3-5-13(11)18-9-12/h2-7,12,18H,8-9H2,1H3,(H,17,19,20). The molecule has 0 saturated heterocycles. The fraction of sp³-hybridized carbons (Fsp3) is 0.250. The van der Waals surface area contributed by atoms with Gasteiger partial charge in [-0.3, -0.25) is 0 Å². The first-order valence-corrected chi connectivity index (χ1v) is 6.94. The second-order valence-electron chi connectivity index (χ2n) is 5.39. The Balaban J connectivity index is 1.72. The summed E-state index contributed by atoms with van der Waals surface area (Å²) in [6.45, 7) is 3.00. The Morgan fingerprint density at radius 3 is 3.00 bits per heavy atom. The van der Waals surface area contributed by atoms with E-state index in [0.29, 0.717) is 5.92 Å². The molecule has 0 radical (unpaired) electrons. The zero-order valence-corrected chi connectivity index (χ0v) is 11.4. The van der Waals surface area contributed by atoms with Crippen LogP contribution in [-0.4, -0.2) is 21.5 Å². The van der Waals surface area contributed by atoms with Crippen LogP contribution in [0.3, 0.4) is 0 Å². The van der Waals surface area contributed by atoms with Gasteiger partial charge in [-0.05, 0) is 36.6 Å². The van der Waals surface area contributed by atoms with E-state index >= 15 is 0 Å². The van der Waals surface area contributed by atoms with Crippen LogP contribution >= 0.6 is 0 Å². The lowest BCUT2D eigenvalue weighted by Crippen LogP contribution is -2.22. The van der Waals surface area contributed by atoms with Gasteiger partial charge in [0.15, 0.2) is 5.65 Å². The number of nitrogens with one attached hydrogen (secondary N) is 2. The summed E-state index contributed by atoms with van der Waals surface area (Å²) in [5.74, 6) is 1.40. The number of nitrogens with zero attached hydrogens (tertiary/aromatic N) is 2. The highest BCUT2D eigenvalue weighted by Crippen LogP contribution is 2.30. The number of aromatic amines is 1. The van der Waals surface area contributed by atoms with Gasteiger partial charge in [0.1, 0.15) is 5.82 Å². The van der Waals surface area contributed by atoms with E-state index in [1.165, 1.54) is 16.8 Å². The number of aryl methyl sites for hydroxylation is 1. The number of fused-ring (bicyclic) bond motifs is 2. The number of benzene rings is 1. The molecule has 2 aromatic heterocycles. The predicted octanol–water partition coefficient (Wildman–Crippen LogP) is 3.02. The second-order valence-corrected chi connectivity index (χ2v) is 5.39. The quantitative estimate of drug-likeness (QED) is 0.710. The highest BCUT2D eigenvalue weighted by atomic mass is 15.0. The highest BCUT2D eigenvalue weighted by Gasteiger charge is 2.22. The first kappa shape index (κ1) is 11.5. The Bertz CT molecular complexity index is 775. The lowest BCUT2D eigenvalue weighted by atomic mass is 9.93. The Morgan fingerprint density at radius 1 is 1.20 bits per heavy atom. The van der Waals surface area contributed by atoms with Crippen molar-refractivity contribution in [2.24, 2.45) is 0 Å². The molecule has 100 valence electrons. The third kappa shape index (κ3) is 1.76. The van der Waals surface area contributed by atoms with Crippen LogP contribution in [0.5, 0.6) is 0 Å². The molecule has 0 fully saturated rings. The molecule has 3 aromatic rings. The summed E-state index contributed by atoms with van der Waals surface area (Å²) >= 11 is 0. The summed E-state index contributed by atoms with van der Waals surface area (Å²) in [4.78, 5) is 12.5. The van der Waals surface area contributed by atoms with Gasteiger partial charge in [-0.25, -0.2) is 9.97 Å². The monoisotopic (exact) mass is 264 g/mol. The molecule has 0 spiro atoms. The molecule has 1 atom stereocenters. The molecule has 3 heterocycles. The second kappa shape index (κ2) is 4.34. The van der Waals surface area contributed by atoms with Gasteiger partial charge < -0.3 is 10.3 Å². The number of anilines is 1. The van der Waals surface area contributed by atoms with Crippen molar-refractivity contribution < 1.29 is 0 Å². The molecule has 0 amide bonds. The van der Waals surface area contributed by atoms with Crippen LogP contribution in [0.4, 0.5) is 5.69 Å². The van der Waals surface area contributed by atoms with Crippen molar-refractivity contribution in [3.05, 3.63) is 53.5 Å². The molecule has 4 heteroatoms. The summed E-state index contributed by atoms with van der Waals surface area (Å²) in [5, 5.41) is 3.49. The van der Waals surface area contributed by atoms with E-state index in [0.717, 1.165) is 30.0 Å². The fourth-order valence-electron chi connectivity index (χ4n) is 2.88. The van der Waals surface area contributed by atoms with Crippen molar-refractivity contribution in [1.29, 1.82) is 0 Å². The Kier molecular flexibility index (Phi) is 2.49. The van der Waals surface area contributed by atoms with Crippen molar-refractivity contribution in [2.75, 3.05) is 11.9 Å². The van der Waals surface area contributed by atoms with Crippen molar-refractivity contribution in [3.63, 3.8) is 0 Å². The normalized spacial score (nSPS) is 17.8. The summed E-state index contributed by atoms with van der Waals surface area (Å²) < 4.78 is 0. The zero-order chi connectivity index (χ0) is 13.5.